The Bertz CT molecular complexity index is 255. The molecule has 1 heterocycles. The summed E-state index contributed by atoms with van der Waals surface area (Å²) in [5.74, 6) is -0.897. The van der Waals surface area contributed by atoms with Crippen LogP contribution in [0.1, 0.15) is 26.2 Å². The topological polar surface area (TPSA) is 60.9 Å². The Morgan fingerprint density at radius 3 is 2.73 bits per heavy atom. The number of carbonyl (C=O) groups excluding carboxylic acids is 1. The number of urea groups is 1. The van der Waals surface area contributed by atoms with Gasteiger partial charge in [-0.15, -0.1) is 0 Å². The van der Waals surface area contributed by atoms with E-state index in [9.17, 15) is 9.59 Å². The first kappa shape index (κ1) is 11.8. The van der Waals surface area contributed by atoms with Gasteiger partial charge in [0, 0.05) is 20.1 Å². The smallest absolute Gasteiger partial charge is 0.326 e. The normalized spacial score (nSPS) is 20.4. The SMILES string of the molecule is CCCN(C)C(=O)N1CCCC1C(=O)O. The van der Waals surface area contributed by atoms with Gasteiger partial charge in [0.1, 0.15) is 6.04 Å². The van der Waals surface area contributed by atoms with Crippen molar-refractivity contribution in [3.05, 3.63) is 0 Å². The third-order valence-electron chi connectivity index (χ3n) is 2.67. The van der Waals surface area contributed by atoms with Crippen molar-refractivity contribution >= 4 is 12.0 Å². The Hall–Kier alpha value is -1.26. The molecule has 1 aliphatic rings. The van der Waals surface area contributed by atoms with Gasteiger partial charge in [0.2, 0.25) is 0 Å². The van der Waals surface area contributed by atoms with Crippen LogP contribution in [0.4, 0.5) is 4.79 Å². The number of carboxylic acid groups (broad SMARTS) is 1. The maximum Gasteiger partial charge on any atom is 0.326 e. The molecule has 1 fully saturated rings. The van der Waals surface area contributed by atoms with Crippen molar-refractivity contribution in [1.82, 2.24) is 9.80 Å². The fraction of sp³-hybridized carbons (Fsp3) is 0.800. The second-order valence-corrected chi connectivity index (χ2v) is 3.89. The highest BCUT2D eigenvalue weighted by Crippen LogP contribution is 2.18. The van der Waals surface area contributed by atoms with Crippen molar-refractivity contribution in [3.63, 3.8) is 0 Å². The predicted octanol–water partition coefficient (Wildman–Crippen LogP) is 0.997. The van der Waals surface area contributed by atoms with Crippen LogP contribution in [-0.4, -0.2) is 53.1 Å². The monoisotopic (exact) mass is 214 g/mol. The van der Waals surface area contributed by atoms with E-state index in [0.29, 0.717) is 19.5 Å². The fourth-order valence-corrected chi connectivity index (χ4v) is 1.90. The van der Waals surface area contributed by atoms with Crippen molar-refractivity contribution in [1.29, 1.82) is 0 Å². The number of carboxylic acids is 1. The maximum absolute atomic E-state index is 11.8. The van der Waals surface area contributed by atoms with E-state index in [2.05, 4.69) is 0 Å². The summed E-state index contributed by atoms with van der Waals surface area (Å²) in [5, 5.41) is 8.93. The van der Waals surface area contributed by atoms with Crippen LogP contribution in [-0.2, 0) is 4.79 Å². The predicted molar refractivity (Wildman–Crippen MR) is 55.7 cm³/mol. The lowest BCUT2D eigenvalue weighted by Gasteiger charge is -2.27. The summed E-state index contributed by atoms with van der Waals surface area (Å²) in [4.78, 5) is 25.8. The quantitative estimate of drug-likeness (QED) is 0.762. The molecule has 0 radical (unpaired) electrons. The first-order valence-corrected chi connectivity index (χ1v) is 5.32. The zero-order valence-corrected chi connectivity index (χ0v) is 9.27. The molecule has 0 aromatic heterocycles. The molecule has 0 aromatic rings. The van der Waals surface area contributed by atoms with Crippen LogP contribution in [0.2, 0.25) is 0 Å². The lowest BCUT2D eigenvalue weighted by molar-refractivity contribution is -0.141. The summed E-state index contributed by atoms with van der Waals surface area (Å²) >= 11 is 0. The zero-order chi connectivity index (χ0) is 11.4. The Balaban J connectivity index is 2.62. The van der Waals surface area contributed by atoms with Crippen molar-refractivity contribution in [2.45, 2.75) is 32.2 Å². The second-order valence-electron chi connectivity index (χ2n) is 3.89. The van der Waals surface area contributed by atoms with Crippen LogP contribution in [0, 0.1) is 0 Å². The average molecular weight is 214 g/mol. The van der Waals surface area contributed by atoms with Gasteiger partial charge in [-0.05, 0) is 19.3 Å². The van der Waals surface area contributed by atoms with Crippen LogP contribution in [0.3, 0.4) is 0 Å². The first-order valence-electron chi connectivity index (χ1n) is 5.32. The molecule has 0 saturated carbocycles. The van der Waals surface area contributed by atoms with Crippen molar-refractivity contribution in [2.75, 3.05) is 20.1 Å². The molecular weight excluding hydrogens is 196 g/mol. The zero-order valence-electron chi connectivity index (χ0n) is 9.27. The number of rotatable bonds is 3. The second kappa shape index (κ2) is 5.00. The van der Waals surface area contributed by atoms with E-state index in [0.717, 1.165) is 12.8 Å². The number of hydrogen-bond donors (Lipinski definition) is 1. The summed E-state index contributed by atoms with van der Waals surface area (Å²) in [6, 6.07) is -0.793. The van der Waals surface area contributed by atoms with Crippen molar-refractivity contribution < 1.29 is 14.7 Å². The highest BCUT2D eigenvalue weighted by molar-refractivity contribution is 5.83. The molecule has 2 amide bonds. The van der Waals surface area contributed by atoms with E-state index in [4.69, 9.17) is 5.11 Å². The van der Waals surface area contributed by atoms with Gasteiger partial charge in [0.25, 0.3) is 0 Å². The van der Waals surface area contributed by atoms with Crippen molar-refractivity contribution in [2.24, 2.45) is 0 Å². The fourth-order valence-electron chi connectivity index (χ4n) is 1.90. The number of hydrogen-bond acceptors (Lipinski definition) is 2. The molecule has 86 valence electrons. The summed E-state index contributed by atoms with van der Waals surface area (Å²) in [6.45, 7) is 3.22. The minimum absolute atomic E-state index is 0.165. The standard InChI is InChI=1S/C10H18N2O3/c1-3-6-11(2)10(15)12-7-4-5-8(12)9(13)14/h8H,3-7H2,1-2H3,(H,13,14). The Morgan fingerprint density at radius 1 is 1.53 bits per heavy atom. The van der Waals surface area contributed by atoms with Crippen LogP contribution in [0.15, 0.2) is 0 Å². The van der Waals surface area contributed by atoms with E-state index in [1.54, 1.807) is 11.9 Å². The lowest BCUT2D eigenvalue weighted by atomic mass is 10.2. The van der Waals surface area contributed by atoms with E-state index in [-0.39, 0.29) is 6.03 Å². The molecule has 1 atom stereocenters. The Labute approximate surface area is 89.7 Å². The number of likely N-dealkylation sites (tertiary alicyclic amines) is 1. The molecule has 1 N–H and O–H groups in total. The van der Waals surface area contributed by atoms with Gasteiger partial charge >= 0.3 is 12.0 Å². The van der Waals surface area contributed by atoms with Gasteiger partial charge in [0.05, 0.1) is 0 Å². The Morgan fingerprint density at radius 2 is 2.20 bits per heavy atom. The van der Waals surface area contributed by atoms with E-state index in [1.807, 2.05) is 6.92 Å². The third-order valence-corrected chi connectivity index (χ3v) is 2.67. The summed E-state index contributed by atoms with van der Waals surface area (Å²) < 4.78 is 0. The maximum atomic E-state index is 11.8. The van der Waals surface area contributed by atoms with Crippen molar-refractivity contribution in [3.8, 4) is 0 Å². The molecule has 15 heavy (non-hydrogen) atoms. The number of carbonyl (C=O) groups is 2. The molecule has 1 rings (SSSR count). The van der Waals surface area contributed by atoms with Gasteiger partial charge in [-0.3, -0.25) is 0 Å². The van der Waals surface area contributed by atoms with E-state index in [1.165, 1.54) is 4.90 Å². The Kier molecular flexibility index (Phi) is 3.94. The molecule has 1 unspecified atom stereocenters. The molecule has 5 heteroatoms. The number of amides is 2. The number of nitrogens with zero attached hydrogens (tertiary/aromatic N) is 2. The van der Waals surface area contributed by atoms with Gasteiger partial charge in [-0.2, -0.15) is 0 Å². The van der Waals surface area contributed by atoms with Crippen LogP contribution < -0.4 is 0 Å². The van der Waals surface area contributed by atoms with E-state index >= 15 is 0 Å². The van der Waals surface area contributed by atoms with Gasteiger partial charge < -0.3 is 14.9 Å². The van der Waals surface area contributed by atoms with Gasteiger partial charge in [-0.1, -0.05) is 6.92 Å². The molecular formula is C10H18N2O3. The molecule has 1 saturated heterocycles. The summed E-state index contributed by atoms with van der Waals surface area (Å²) in [7, 11) is 1.71. The molecule has 1 aliphatic heterocycles. The molecule has 0 spiro atoms. The minimum Gasteiger partial charge on any atom is -0.480 e. The molecule has 0 aromatic carbocycles. The third kappa shape index (κ3) is 2.61. The summed E-state index contributed by atoms with van der Waals surface area (Å²) in [5.41, 5.74) is 0. The minimum atomic E-state index is -0.897. The largest absolute Gasteiger partial charge is 0.480 e. The van der Waals surface area contributed by atoms with Gasteiger partial charge in [-0.25, -0.2) is 9.59 Å². The van der Waals surface area contributed by atoms with Crippen LogP contribution in [0.5, 0.6) is 0 Å². The molecule has 0 aliphatic carbocycles. The molecule has 5 nitrogen and oxygen atoms in total. The summed E-state index contributed by atoms with van der Waals surface area (Å²) in [6.07, 6.45) is 2.23. The number of aliphatic carboxylic acids is 1. The van der Waals surface area contributed by atoms with Crippen LogP contribution in [0.25, 0.3) is 0 Å². The highest BCUT2D eigenvalue weighted by Gasteiger charge is 2.35. The highest BCUT2D eigenvalue weighted by atomic mass is 16.4. The first-order chi connectivity index (χ1) is 7.07. The van der Waals surface area contributed by atoms with Gasteiger partial charge in [0.15, 0.2) is 0 Å². The van der Waals surface area contributed by atoms with Crippen LogP contribution >= 0.6 is 0 Å². The van der Waals surface area contributed by atoms with E-state index < -0.39 is 12.0 Å². The lowest BCUT2D eigenvalue weighted by Crippen LogP contribution is -2.46. The molecule has 0 bridgehead atoms. The average Bonchev–Trinajstić information content (AvgIpc) is 2.65.